The van der Waals surface area contributed by atoms with Crippen LogP contribution < -0.4 is 10.2 Å². The SMILES string of the molecule is CSc1ccc(OCc2ccccc2)c(B(O)O)c1F. The first-order chi connectivity index (χ1) is 9.63. The van der Waals surface area contributed by atoms with E-state index in [-0.39, 0.29) is 17.8 Å². The minimum atomic E-state index is -1.91. The molecule has 0 saturated heterocycles. The molecule has 20 heavy (non-hydrogen) atoms. The fraction of sp³-hybridized carbons (Fsp3) is 0.143. The average Bonchev–Trinajstić information content (AvgIpc) is 2.45. The normalized spacial score (nSPS) is 10.4. The van der Waals surface area contributed by atoms with Crippen LogP contribution in [-0.2, 0) is 6.61 Å². The van der Waals surface area contributed by atoms with E-state index < -0.39 is 12.9 Å². The van der Waals surface area contributed by atoms with Gasteiger partial charge in [-0.05, 0) is 24.0 Å². The summed E-state index contributed by atoms with van der Waals surface area (Å²) in [6, 6.07) is 12.5. The van der Waals surface area contributed by atoms with Crippen molar-refractivity contribution in [3.05, 3.63) is 53.8 Å². The van der Waals surface area contributed by atoms with E-state index in [1.807, 2.05) is 30.3 Å². The van der Waals surface area contributed by atoms with Crippen LogP contribution >= 0.6 is 11.8 Å². The topological polar surface area (TPSA) is 49.7 Å². The van der Waals surface area contributed by atoms with Crippen LogP contribution in [0.1, 0.15) is 5.56 Å². The van der Waals surface area contributed by atoms with Gasteiger partial charge in [-0.25, -0.2) is 4.39 Å². The van der Waals surface area contributed by atoms with Crippen molar-refractivity contribution in [2.75, 3.05) is 6.26 Å². The molecule has 2 aromatic rings. The van der Waals surface area contributed by atoms with E-state index in [0.717, 1.165) is 5.56 Å². The molecule has 2 rings (SSSR count). The monoisotopic (exact) mass is 292 g/mol. The Balaban J connectivity index is 2.25. The molecule has 0 aliphatic heterocycles. The van der Waals surface area contributed by atoms with Crippen molar-refractivity contribution in [3.63, 3.8) is 0 Å². The van der Waals surface area contributed by atoms with Crippen molar-refractivity contribution in [1.82, 2.24) is 0 Å². The molecule has 0 unspecified atom stereocenters. The lowest BCUT2D eigenvalue weighted by Crippen LogP contribution is -2.34. The second kappa shape index (κ2) is 6.79. The summed E-state index contributed by atoms with van der Waals surface area (Å²) in [5.41, 5.74) is 0.688. The van der Waals surface area contributed by atoms with Gasteiger partial charge >= 0.3 is 7.12 Å². The summed E-state index contributed by atoms with van der Waals surface area (Å²) in [6.45, 7) is 0.235. The number of thioether (sulfide) groups is 1. The molecule has 3 nitrogen and oxygen atoms in total. The zero-order valence-corrected chi connectivity index (χ0v) is 11.7. The number of halogens is 1. The molecule has 0 saturated carbocycles. The van der Waals surface area contributed by atoms with Gasteiger partial charge in [0, 0.05) is 4.90 Å². The van der Waals surface area contributed by atoms with E-state index in [4.69, 9.17) is 4.74 Å². The molecule has 0 bridgehead atoms. The van der Waals surface area contributed by atoms with Gasteiger partial charge in [-0.3, -0.25) is 0 Å². The van der Waals surface area contributed by atoms with Crippen LogP contribution in [0.2, 0.25) is 0 Å². The lowest BCUT2D eigenvalue weighted by atomic mass is 9.79. The summed E-state index contributed by atoms with van der Waals surface area (Å²) in [6.07, 6.45) is 1.72. The second-order valence-electron chi connectivity index (χ2n) is 4.14. The predicted molar refractivity (Wildman–Crippen MR) is 78.8 cm³/mol. The molecule has 0 aliphatic rings. The summed E-state index contributed by atoms with van der Waals surface area (Å²) in [5, 5.41) is 18.7. The van der Waals surface area contributed by atoms with Crippen LogP contribution in [0.15, 0.2) is 47.4 Å². The number of rotatable bonds is 5. The third-order valence-electron chi connectivity index (χ3n) is 2.82. The van der Waals surface area contributed by atoms with Crippen molar-refractivity contribution in [2.24, 2.45) is 0 Å². The molecule has 0 aliphatic carbocycles. The van der Waals surface area contributed by atoms with Crippen LogP contribution in [0.3, 0.4) is 0 Å². The average molecular weight is 292 g/mol. The van der Waals surface area contributed by atoms with Gasteiger partial charge in [-0.2, -0.15) is 0 Å². The number of ether oxygens (including phenoxy) is 1. The maximum absolute atomic E-state index is 14.1. The third-order valence-corrected chi connectivity index (χ3v) is 3.57. The maximum atomic E-state index is 14.1. The highest BCUT2D eigenvalue weighted by molar-refractivity contribution is 7.98. The van der Waals surface area contributed by atoms with Gasteiger partial charge in [-0.15, -0.1) is 11.8 Å². The van der Waals surface area contributed by atoms with Gasteiger partial charge in [-0.1, -0.05) is 30.3 Å². The Morgan fingerprint density at radius 2 is 1.85 bits per heavy atom. The van der Waals surface area contributed by atoms with Gasteiger partial charge in [0.05, 0.1) is 5.46 Å². The standard InChI is InChI=1S/C14H14BFO3S/c1-20-12-8-7-11(13(14(12)16)15(17)18)19-9-10-5-3-2-4-6-10/h2-8,17-18H,9H2,1H3. The predicted octanol–water partition coefficient (Wildman–Crippen LogP) is 1.81. The second-order valence-corrected chi connectivity index (χ2v) is 4.99. The molecule has 0 aromatic heterocycles. The highest BCUT2D eigenvalue weighted by Crippen LogP contribution is 2.22. The smallest absolute Gasteiger partial charge is 0.489 e. The van der Waals surface area contributed by atoms with Gasteiger partial charge in [0.2, 0.25) is 0 Å². The number of benzene rings is 2. The fourth-order valence-electron chi connectivity index (χ4n) is 1.81. The van der Waals surface area contributed by atoms with Crippen LogP contribution in [0.4, 0.5) is 4.39 Å². The first-order valence-corrected chi connectivity index (χ1v) is 7.25. The molecule has 0 atom stereocenters. The highest BCUT2D eigenvalue weighted by Gasteiger charge is 2.24. The van der Waals surface area contributed by atoms with Crippen molar-refractivity contribution in [2.45, 2.75) is 11.5 Å². The molecular weight excluding hydrogens is 278 g/mol. The molecule has 0 radical (unpaired) electrons. The Bertz CT molecular complexity index is 578. The van der Waals surface area contributed by atoms with Crippen molar-refractivity contribution in [3.8, 4) is 5.75 Å². The van der Waals surface area contributed by atoms with E-state index >= 15 is 0 Å². The van der Waals surface area contributed by atoms with Crippen LogP contribution in [0.25, 0.3) is 0 Å². The van der Waals surface area contributed by atoms with Crippen molar-refractivity contribution in [1.29, 1.82) is 0 Å². The maximum Gasteiger partial charge on any atom is 0.495 e. The molecule has 0 amide bonds. The lowest BCUT2D eigenvalue weighted by molar-refractivity contribution is 0.304. The Hall–Kier alpha value is -1.50. The molecular formula is C14H14BFO3S. The minimum absolute atomic E-state index is 0.138. The Morgan fingerprint density at radius 1 is 1.15 bits per heavy atom. The van der Waals surface area contributed by atoms with Crippen molar-refractivity contribution < 1.29 is 19.2 Å². The largest absolute Gasteiger partial charge is 0.495 e. The summed E-state index contributed by atoms with van der Waals surface area (Å²) in [7, 11) is -1.91. The fourth-order valence-corrected chi connectivity index (χ4v) is 2.31. The third kappa shape index (κ3) is 3.33. The summed E-state index contributed by atoms with van der Waals surface area (Å²) in [4.78, 5) is 0.347. The van der Waals surface area contributed by atoms with E-state index in [0.29, 0.717) is 4.90 Å². The molecule has 0 fully saturated rings. The van der Waals surface area contributed by atoms with Crippen LogP contribution in [-0.4, -0.2) is 23.4 Å². The first-order valence-electron chi connectivity index (χ1n) is 6.02. The summed E-state index contributed by atoms with van der Waals surface area (Å²) < 4.78 is 19.6. The summed E-state index contributed by atoms with van der Waals surface area (Å²) in [5.74, 6) is -0.516. The summed E-state index contributed by atoms with van der Waals surface area (Å²) >= 11 is 1.20. The Kier molecular flexibility index (Phi) is 5.06. The van der Waals surface area contributed by atoms with Crippen LogP contribution in [0.5, 0.6) is 5.75 Å². The van der Waals surface area contributed by atoms with Crippen molar-refractivity contribution >= 4 is 24.3 Å². The number of hydrogen-bond acceptors (Lipinski definition) is 4. The lowest BCUT2D eigenvalue weighted by Gasteiger charge is -2.13. The van der Waals surface area contributed by atoms with E-state index in [1.165, 1.54) is 11.8 Å². The molecule has 104 valence electrons. The molecule has 6 heteroatoms. The molecule has 0 spiro atoms. The zero-order chi connectivity index (χ0) is 14.5. The number of hydrogen-bond donors (Lipinski definition) is 2. The quantitative estimate of drug-likeness (QED) is 0.652. The Morgan fingerprint density at radius 3 is 2.45 bits per heavy atom. The Labute approximate surface area is 121 Å². The van der Waals surface area contributed by atoms with Gasteiger partial charge in [0.15, 0.2) is 0 Å². The van der Waals surface area contributed by atoms with Gasteiger partial charge < -0.3 is 14.8 Å². The molecule has 0 heterocycles. The van der Waals surface area contributed by atoms with E-state index in [1.54, 1.807) is 18.4 Å². The van der Waals surface area contributed by atoms with Gasteiger partial charge in [0.25, 0.3) is 0 Å². The van der Waals surface area contributed by atoms with Gasteiger partial charge in [0.1, 0.15) is 18.2 Å². The van der Waals surface area contributed by atoms with E-state index in [9.17, 15) is 14.4 Å². The molecule has 2 aromatic carbocycles. The minimum Gasteiger partial charge on any atom is -0.489 e. The first kappa shape index (κ1) is 14.9. The highest BCUT2D eigenvalue weighted by atomic mass is 32.2. The van der Waals surface area contributed by atoms with Crippen LogP contribution in [0, 0.1) is 5.82 Å². The van der Waals surface area contributed by atoms with E-state index in [2.05, 4.69) is 0 Å². The molecule has 2 N–H and O–H groups in total. The zero-order valence-electron chi connectivity index (χ0n) is 10.9.